The van der Waals surface area contributed by atoms with Gasteiger partial charge in [-0.15, -0.1) is 12.3 Å². The highest BCUT2D eigenvalue weighted by molar-refractivity contribution is 5.73. The number of carbonyl (C=O) groups is 1. The molecule has 0 unspecified atom stereocenters. The Kier molecular flexibility index (Phi) is 5.20. The lowest BCUT2D eigenvalue weighted by atomic mass is 10.0. The zero-order valence-corrected chi connectivity index (χ0v) is 9.46. The zero-order valence-electron chi connectivity index (χ0n) is 9.46. The molecule has 1 amide bonds. The van der Waals surface area contributed by atoms with E-state index in [-0.39, 0.29) is 5.91 Å². The highest BCUT2D eigenvalue weighted by Gasteiger charge is 2.19. The van der Waals surface area contributed by atoms with Crippen molar-refractivity contribution in [3.8, 4) is 12.3 Å². The third-order valence-electron chi connectivity index (χ3n) is 2.87. The van der Waals surface area contributed by atoms with Gasteiger partial charge in [0.1, 0.15) is 0 Å². The van der Waals surface area contributed by atoms with Crippen molar-refractivity contribution in [2.75, 3.05) is 19.6 Å². The second-order valence-corrected chi connectivity index (χ2v) is 4.04. The normalized spacial score (nSPS) is 17.5. The van der Waals surface area contributed by atoms with Gasteiger partial charge in [-0.1, -0.05) is 0 Å². The standard InChI is InChI=1S/C12H20N2O/c1-3-4-5-8-13-12-6-9-14(10-7-12)11(2)15/h1,12-13H,4-10H2,2H3. The molecule has 0 aromatic heterocycles. The predicted octanol–water partition coefficient (Wildman–Crippen LogP) is 1.00. The summed E-state index contributed by atoms with van der Waals surface area (Å²) in [6.07, 6.45) is 9.20. The summed E-state index contributed by atoms with van der Waals surface area (Å²) in [6, 6.07) is 0.568. The Morgan fingerprint density at radius 1 is 1.53 bits per heavy atom. The highest BCUT2D eigenvalue weighted by atomic mass is 16.2. The quantitative estimate of drug-likeness (QED) is 0.552. The molecule has 1 saturated heterocycles. The number of nitrogens with one attached hydrogen (secondary N) is 1. The Balaban J connectivity index is 2.10. The predicted molar refractivity (Wildman–Crippen MR) is 61.3 cm³/mol. The lowest BCUT2D eigenvalue weighted by molar-refractivity contribution is -0.129. The van der Waals surface area contributed by atoms with E-state index in [9.17, 15) is 4.79 Å². The maximum Gasteiger partial charge on any atom is 0.219 e. The van der Waals surface area contributed by atoms with Gasteiger partial charge < -0.3 is 10.2 Å². The monoisotopic (exact) mass is 208 g/mol. The van der Waals surface area contributed by atoms with E-state index >= 15 is 0 Å². The number of amides is 1. The SMILES string of the molecule is C#CCCCNC1CCN(C(C)=O)CC1. The van der Waals surface area contributed by atoms with E-state index in [1.165, 1.54) is 0 Å². The summed E-state index contributed by atoms with van der Waals surface area (Å²) in [4.78, 5) is 13.0. The molecule has 1 fully saturated rings. The Morgan fingerprint density at radius 2 is 2.20 bits per heavy atom. The molecule has 0 radical (unpaired) electrons. The van der Waals surface area contributed by atoms with E-state index in [0.717, 1.165) is 45.3 Å². The molecule has 0 aliphatic carbocycles. The Labute approximate surface area is 92.2 Å². The van der Waals surface area contributed by atoms with E-state index in [4.69, 9.17) is 6.42 Å². The molecular formula is C12H20N2O. The first-order valence-corrected chi connectivity index (χ1v) is 5.66. The van der Waals surface area contributed by atoms with E-state index in [1.807, 2.05) is 4.90 Å². The fraction of sp³-hybridized carbons (Fsp3) is 0.750. The molecular weight excluding hydrogens is 188 g/mol. The number of piperidine rings is 1. The summed E-state index contributed by atoms with van der Waals surface area (Å²) in [5.74, 6) is 2.83. The van der Waals surface area contributed by atoms with Crippen LogP contribution in [0.2, 0.25) is 0 Å². The highest BCUT2D eigenvalue weighted by Crippen LogP contribution is 2.10. The Morgan fingerprint density at radius 3 is 2.73 bits per heavy atom. The topological polar surface area (TPSA) is 32.3 Å². The lowest BCUT2D eigenvalue weighted by Gasteiger charge is -2.31. The van der Waals surface area contributed by atoms with Gasteiger partial charge in [-0.3, -0.25) is 4.79 Å². The van der Waals surface area contributed by atoms with Gasteiger partial charge in [0.2, 0.25) is 5.91 Å². The summed E-state index contributed by atoms with van der Waals surface area (Å²) in [5, 5.41) is 3.48. The number of hydrogen-bond acceptors (Lipinski definition) is 2. The molecule has 1 N–H and O–H groups in total. The molecule has 15 heavy (non-hydrogen) atoms. The van der Waals surface area contributed by atoms with Crippen molar-refractivity contribution in [2.45, 2.75) is 38.6 Å². The van der Waals surface area contributed by atoms with Gasteiger partial charge in [0.25, 0.3) is 0 Å². The molecule has 1 aliphatic rings. The zero-order chi connectivity index (χ0) is 11.1. The second kappa shape index (κ2) is 6.47. The maximum absolute atomic E-state index is 11.1. The summed E-state index contributed by atoms with van der Waals surface area (Å²) in [6.45, 7) is 4.42. The van der Waals surface area contributed by atoms with Gasteiger partial charge >= 0.3 is 0 Å². The lowest BCUT2D eigenvalue weighted by Crippen LogP contribution is -2.44. The van der Waals surface area contributed by atoms with Crippen LogP contribution in [0.5, 0.6) is 0 Å². The molecule has 3 heteroatoms. The molecule has 0 aromatic carbocycles. The third-order valence-corrected chi connectivity index (χ3v) is 2.87. The van der Waals surface area contributed by atoms with Crippen molar-refractivity contribution in [1.29, 1.82) is 0 Å². The molecule has 0 saturated carbocycles. The van der Waals surface area contributed by atoms with Crippen molar-refractivity contribution >= 4 is 5.91 Å². The van der Waals surface area contributed by atoms with Crippen LogP contribution in [0, 0.1) is 12.3 Å². The fourth-order valence-electron chi connectivity index (χ4n) is 1.90. The second-order valence-electron chi connectivity index (χ2n) is 4.04. The van der Waals surface area contributed by atoms with Crippen LogP contribution in [0.25, 0.3) is 0 Å². The van der Waals surface area contributed by atoms with Crippen LogP contribution in [-0.2, 0) is 4.79 Å². The van der Waals surface area contributed by atoms with Crippen LogP contribution in [-0.4, -0.2) is 36.5 Å². The minimum atomic E-state index is 0.195. The van der Waals surface area contributed by atoms with Crippen LogP contribution in [0.4, 0.5) is 0 Å². The minimum absolute atomic E-state index is 0.195. The third kappa shape index (κ3) is 4.35. The van der Waals surface area contributed by atoms with Gasteiger partial charge in [-0.25, -0.2) is 0 Å². The molecule has 0 bridgehead atoms. The average Bonchev–Trinajstić information content (AvgIpc) is 2.25. The van der Waals surface area contributed by atoms with Crippen LogP contribution in [0.1, 0.15) is 32.6 Å². The molecule has 1 rings (SSSR count). The smallest absolute Gasteiger partial charge is 0.219 e. The molecule has 0 spiro atoms. The molecule has 84 valence electrons. The van der Waals surface area contributed by atoms with Crippen molar-refractivity contribution in [2.24, 2.45) is 0 Å². The first-order chi connectivity index (χ1) is 7.24. The van der Waals surface area contributed by atoms with Gasteiger partial charge in [0, 0.05) is 32.5 Å². The van der Waals surface area contributed by atoms with Crippen molar-refractivity contribution < 1.29 is 4.79 Å². The number of carbonyl (C=O) groups excluding carboxylic acids is 1. The largest absolute Gasteiger partial charge is 0.343 e. The summed E-state index contributed by atoms with van der Waals surface area (Å²) >= 11 is 0. The van der Waals surface area contributed by atoms with Gasteiger partial charge in [-0.2, -0.15) is 0 Å². The molecule has 1 aliphatic heterocycles. The number of terminal acetylenes is 1. The molecule has 0 aromatic rings. The fourth-order valence-corrected chi connectivity index (χ4v) is 1.90. The van der Waals surface area contributed by atoms with Crippen molar-refractivity contribution in [1.82, 2.24) is 10.2 Å². The average molecular weight is 208 g/mol. The number of hydrogen-bond donors (Lipinski definition) is 1. The Bertz CT molecular complexity index is 236. The molecule has 0 atom stereocenters. The molecule has 1 heterocycles. The van der Waals surface area contributed by atoms with Gasteiger partial charge in [0.05, 0.1) is 0 Å². The first kappa shape index (κ1) is 12.1. The van der Waals surface area contributed by atoms with Crippen LogP contribution in [0.15, 0.2) is 0 Å². The number of nitrogens with zero attached hydrogens (tertiary/aromatic N) is 1. The van der Waals surface area contributed by atoms with Gasteiger partial charge in [-0.05, 0) is 25.8 Å². The van der Waals surface area contributed by atoms with Crippen LogP contribution >= 0.6 is 0 Å². The van der Waals surface area contributed by atoms with Crippen LogP contribution in [0.3, 0.4) is 0 Å². The first-order valence-electron chi connectivity index (χ1n) is 5.66. The number of rotatable bonds is 4. The number of likely N-dealkylation sites (tertiary alicyclic amines) is 1. The van der Waals surface area contributed by atoms with Gasteiger partial charge in [0.15, 0.2) is 0 Å². The molecule has 3 nitrogen and oxygen atoms in total. The van der Waals surface area contributed by atoms with E-state index in [2.05, 4.69) is 11.2 Å². The van der Waals surface area contributed by atoms with Crippen molar-refractivity contribution in [3.63, 3.8) is 0 Å². The number of unbranched alkanes of at least 4 members (excludes halogenated alkanes) is 1. The maximum atomic E-state index is 11.1. The van der Waals surface area contributed by atoms with Crippen molar-refractivity contribution in [3.05, 3.63) is 0 Å². The van der Waals surface area contributed by atoms with Crippen LogP contribution < -0.4 is 5.32 Å². The Hall–Kier alpha value is -1.01. The van der Waals surface area contributed by atoms with E-state index in [1.54, 1.807) is 6.92 Å². The minimum Gasteiger partial charge on any atom is -0.343 e. The summed E-state index contributed by atoms with van der Waals surface area (Å²) in [7, 11) is 0. The van der Waals surface area contributed by atoms with E-state index < -0.39 is 0 Å². The summed E-state index contributed by atoms with van der Waals surface area (Å²) in [5.41, 5.74) is 0. The van der Waals surface area contributed by atoms with E-state index in [0.29, 0.717) is 6.04 Å². The summed E-state index contributed by atoms with van der Waals surface area (Å²) < 4.78 is 0.